The predicted octanol–water partition coefficient (Wildman–Crippen LogP) is 1.93. The van der Waals surface area contributed by atoms with Gasteiger partial charge in [0.1, 0.15) is 5.54 Å². The Morgan fingerprint density at radius 3 is 2.67 bits per heavy atom. The van der Waals surface area contributed by atoms with Crippen molar-refractivity contribution in [1.29, 1.82) is 0 Å². The second-order valence-corrected chi connectivity index (χ2v) is 5.08. The zero-order valence-electron chi connectivity index (χ0n) is 9.24. The molecule has 84 valence electrons. The first kappa shape index (κ1) is 10.6. The Bertz CT molecular complexity index is 276. The Labute approximate surface area is 90.0 Å². The Hall–Kier alpha value is -0.930. The van der Waals surface area contributed by atoms with Gasteiger partial charge in [0.25, 0.3) is 0 Å². The molecule has 0 aromatic carbocycles. The second-order valence-electron chi connectivity index (χ2n) is 5.08. The fourth-order valence-electron chi connectivity index (χ4n) is 2.40. The second kappa shape index (κ2) is 3.91. The van der Waals surface area contributed by atoms with Gasteiger partial charge in [0.05, 0.1) is 0 Å². The molecule has 1 amide bonds. The molecule has 2 rings (SSSR count). The molecule has 1 saturated carbocycles. The van der Waals surface area contributed by atoms with E-state index in [4.69, 9.17) is 0 Å². The number of amides is 1. The molecule has 4 heteroatoms. The Kier molecular flexibility index (Phi) is 2.76. The highest BCUT2D eigenvalue weighted by Gasteiger charge is 2.37. The summed E-state index contributed by atoms with van der Waals surface area (Å²) < 4.78 is 0. The van der Waals surface area contributed by atoms with Crippen LogP contribution in [0.5, 0.6) is 0 Å². The van der Waals surface area contributed by atoms with Gasteiger partial charge in [0.15, 0.2) is 0 Å². The van der Waals surface area contributed by atoms with E-state index in [0.29, 0.717) is 6.54 Å². The van der Waals surface area contributed by atoms with E-state index in [1.807, 2.05) is 11.8 Å². The summed E-state index contributed by atoms with van der Waals surface area (Å²) in [6.45, 7) is 3.17. The fourth-order valence-corrected chi connectivity index (χ4v) is 2.40. The maximum atomic E-state index is 12.0. The van der Waals surface area contributed by atoms with Crippen LogP contribution in [0.2, 0.25) is 0 Å². The summed E-state index contributed by atoms with van der Waals surface area (Å²) in [4.78, 5) is 24.5. The number of hydrogen-bond donors (Lipinski definition) is 0. The van der Waals surface area contributed by atoms with Gasteiger partial charge in [0.2, 0.25) is 5.91 Å². The zero-order chi connectivity index (χ0) is 10.9. The van der Waals surface area contributed by atoms with Crippen molar-refractivity contribution in [3.8, 4) is 0 Å². The maximum Gasteiger partial charge on any atom is 0.225 e. The van der Waals surface area contributed by atoms with Crippen LogP contribution >= 0.6 is 0 Å². The summed E-state index contributed by atoms with van der Waals surface area (Å²) in [5.41, 5.74) is -0.544. The van der Waals surface area contributed by atoms with Crippen molar-refractivity contribution in [2.24, 2.45) is 11.1 Å². The minimum Gasteiger partial charge on any atom is -0.340 e. The molecule has 4 nitrogen and oxygen atoms in total. The molecular weight excluding hydrogens is 192 g/mol. The molecular formula is C11H18N2O2. The number of carbonyl (C=O) groups excluding carboxylic acids is 1. The standard InChI is InChI=1S/C11H18N2O2/c1-11(12-15)6-3-7-13(8-11)10(14)9-4-2-5-9/h9H,2-8H2,1H3. The third kappa shape index (κ3) is 2.03. The van der Waals surface area contributed by atoms with E-state index in [-0.39, 0.29) is 11.8 Å². The fraction of sp³-hybridized carbons (Fsp3) is 0.909. The first-order valence-corrected chi connectivity index (χ1v) is 5.78. The van der Waals surface area contributed by atoms with Crippen molar-refractivity contribution in [1.82, 2.24) is 4.90 Å². The number of piperidine rings is 1. The molecule has 0 aromatic rings. The normalized spacial score (nSPS) is 32.2. The van der Waals surface area contributed by atoms with Crippen LogP contribution in [-0.4, -0.2) is 29.4 Å². The van der Waals surface area contributed by atoms with Crippen molar-refractivity contribution in [3.05, 3.63) is 4.91 Å². The summed E-state index contributed by atoms with van der Waals surface area (Å²) in [5.74, 6) is 0.481. The minimum absolute atomic E-state index is 0.235. The molecule has 2 aliphatic rings. The molecule has 0 radical (unpaired) electrons. The number of hydrogen-bond acceptors (Lipinski definition) is 3. The van der Waals surface area contributed by atoms with Crippen LogP contribution < -0.4 is 0 Å². The Morgan fingerprint density at radius 1 is 1.40 bits per heavy atom. The summed E-state index contributed by atoms with van der Waals surface area (Å²) >= 11 is 0. The van der Waals surface area contributed by atoms with Gasteiger partial charge in [-0.3, -0.25) is 4.79 Å². The lowest BCUT2D eigenvalue weighted by Gasteiger charge is -2.39. The number of nitroso groups, excluding NO2 is 1. The van der Waals surface area contributed by atoms with E-state index in [9.17, 15) is 9.70 Å². The number of carbonyl (C=O) groups is 1. The highest BCUT2D eigenvalue weighted by Crippen LogP contribution is 2.31. The molecule has 1 saturated heterocycles. The van der Waals surface area contributed by atoms with E-state index < -0.39 is 5.54 Å². The topological polar surface area (TPSA) is 49.7 Å². The first-order valence-electron chi connectivity index (χ1n) is 5.78. The van der Waals surface area contributed by atoms with E-state index in [1.165, 1.54) is 6.42 Å². The van der Waals surface area contributed by atoms with E-state index >= 15 is 0 Å². The number of nitrogens with zero attached hydrogens (tertiary/aromatic N) is 2. The van der Waals surface area contributed by atoms with Crippen LogP contribution in [0.3, 0.4) is 0 Å². The maximum absolute atomic E-state index is 12.0. The summed E-state index contributed by atoms with van der Waals surface area (Å²) in [7, 11) is 0. The largest absolute Gasteiger partial charge is 0.340 e. The average Bonchev–Trinajstić information content (AvgIpc) is 2.15. The Morgan fingerprint density at radius 2 is 2.13 bits per heavy atom. The monoisotopic (exact) mass is 210 g/mol. The minimum atomic E-state index is -0.544. The smallest absolute Gasteiger partial charge is 0.225 e. The van der Waals surface area contributed by atoms with Crippen molar-refractivity contribution < 1.29 is 4.79 Å². The highest BCUT2D eigenvalue weighted by molar-refractivity contribution is 5.79. The number of rotatable bonds is 2. The molecule has 1 aliphatic carbocycles. The molecule has 0 aromatic heterocycles. The number of likely N-dealkylation sites (tertiary alicyclic amines) is 1. The van der Waals surface area contributed by atoms with E-state index in [2.05, 4.69) is 5.18 Å². The third-order valence-electron chi connectivity index (χ3n) is 3.66. The van der Waals surface area contributed by atoms with Gasteiger partial charge in [-0.05, 0) is 32.6 Å². The van der Waals surface area contributed by atoms with Crippen LogP contribution in [0.25, 0.3) is 0 Å². The summed E-state index contributed by atoms with van der Waals surface area (Å²) in [6.07, 6.45) is 4.94. The molecule has 1 unspecified atom stereocenters. The van der Waals surface area contributed by atoms with E-state index in [1.54, 1.807) is 0 Å². The SMILES string of the molecule is CC1(N=O)CCCN(C(=O)C2CCC2)C1. The molecule has 0 spiro atoms. The van der Waals surface area contributed by atoms with E-state index in [0.717, 1.165) is 32.2 Å². The van der Waals surface area contributed by atoms with Crippen LogP contribution in [0.4, 0.5) is 0 Å². The molecule has 0 bridgehead atoms. The molecule has 1 aliphatic heterocycles. The van der Waals surface area contributed by atoms with Gasteiger partial charge in [-0.1, -0.05) is 11.6 Å². The van der Waals surface area contributed by atoms with Crippen LogP contribution in [0.1, 0.15) is 39.0 Å². The lowest BCUT2D eigenvalue weighted by atomic mass is 9.83. The summed E-state index contributed by atoms with van der Waals surface area (Å²) in [6, 6.07) is 0. The molecule has 1 heterocycles. The zero-order valence-corrected chi connectivity index (χ0v) is 9.24. The van der Waals surface area contributed by atoms with Gasteiger partial charge in [0, 0.05) is 19.0 Å². The van der Waals surface area contributed by atoms with Crippen molar-refractivity contribution in [3.63, 3.8) is 0 Å². The van der Waals surface area contributed by atoms with Gasteiger partial charge < -0.3 is 4.90 Å². The predicted molar refractivity (Wildman–Crippen MR) is 57.4 cm³/mol. The van der Waals surface area contributed by atoms with Crippen molar-refractivity contribution >= 4 is 5.91 Å². The van der Waals surface area contributed by atoms with Gasteiger partial charge in [-0.15, -0.1) is 0 Å². The van der Waals surface area contributed by atoms with Crippen LogP contribution in [-0.2, 0) is 4.79 Å². The van der Waals surface area contributed by atoms with Crippen molar-refractivity contribution in [2.45, 2.75) is 44.6 Å². The molecule has 1 atom stereocenters. The Balaban J connectivity index is 1.97. The molecule has 2 fully saturated rings. The van der Waals surface area contributed by atoms with Gasteiger partial charge >= 0.3 is 0 Å². The van der Waals surface area contributed by atoms with Crippen molar-refractivity contribution in [2.75, 3.05) is 13.1 Å². The van der Waals surface area contributed by atoms with Gasteiger partial charge in [-0.2, -0.15) is 4.91 Å². The summed E-state index contributed by atoms with van der Waals surface area (Å²) in [5, 5.41) is 3.17. The molecule has 15 heavy (non-hydrogen) atoms. The average molecular weight is 210 g/mol. The third-order valence-corrected chi connectivity index (χ3v) is 3.66. The first-order chi connectivity index (χ1) is 7.14. The lowest BCUT2D eigenvalue weighted by molar-refractivity contribution is -0.140. The van der Waals surface area contributed by atoms with Crippen LogP contribution in [0.15, 0.2) is 5.18 Å². The van der Waals surface area contributed by atoms with Crippen LogP contribution in [0, 0.1) is 10.8 Å². The van der Waals surface area contributed by atoms with Gasteiger partial charge in [-0.25, -0.2) is 0 Å². The quantitative estimate of drug-likeness (QED) is 0.654. The molecule has 0 N–H and O–H groups in total. The highest BCUT2D eigenvalue weighted by atomic mass is 16.3. The lowest BCUT2D eigenvalue weighted by Crippen LogP contribution is -2.50.